The number of hydrazone groups is 1. The van der Waals surface area contributed by atoms with Crippen molar-refractivity contribution in [3.05, 3.63) is 102 Å². The highest BCUT2D eigenvalue weighted by atomic mass is 16.6. The van der Waals surface area contributed by atoms with Crippen molar-refractivity contribution in [1.82, 2.24) is 10.4 Å². The summed E-state index contributed by atoms with van der Waals surface area (Å²) in [6.45, 7) is 7.06. The molecule has 0 saturated carbocycles. The number of aromatic nitrogens is 1. The molecule has 1 heterocycles. The second-order valence-electron chi connectivity index (χ2n) is 9.91. The van der Waals surface area contributed by atoms with Crippen LogP contribution in [0, 0.1) is 0 Å². The van der Waals surface area contributed by atoms with Crippen molar-refractivity contribution in [1.29, 1.82) is 0 Å². The molecule has 4 aromatic carbocycles. The van der Waals surface area contributed by atoms with Crippen LogP contribution < -0.4 is 29.1 Å². The Bertz CT molecular complexity index is 1870. The zero-order valence-corrected chi connectivity index (χ0v) is 26.1. The normalized spacial score (nSPS) is 11.0. The first-order valence-corrected chi connectivity index (χ1v) is 14.9. The van der Waals surface area contributed by atoms with Crippen molar-refractivity contribution < 1.29 is 33.3 Å². The number of carbonyl (C=O) groups excluding carboxylic acids is 2. The lowest BCUT2D eigenvalue weighted by Crippen LogP contribution is -2.18. The van der Waals surface area contributed by atoms with Crippen molar-refractivity contribution in [3.8, 4) is 39.9 Å². The van der Waals surface area contributed by atoms with Gasteiger partial charge in [-0.3, -0.25) is 4.79 Å². The summed E-state index contributed by atoms with van der Waals surface area (Å²) in [5.74, 6) is 1.25. The van der Waals surface area contributed by atoms with Crippen molar-refractivity contribution in [2.75, 3.05) is 26.9 Å². The number of hydrogen-bond acceptors (Lipinski definition) is 8. The van der Waals surface area contributed by atoms with Crippen LogP contribution >= 0.6 is 0 Å². The zero-order valence-electron chi connectivity index (χ0n) is 26.1. The summed E-state index contributed by atoms with van der Waals surface area (Å²) in [6, 6.07) is 25.1. The average molecular weight is 622 g/mol. The smallest absolute Gasteiger partial charge is 0.343 e. The molecule has 5 aromatic rings. The highest BCUT2D eigenvalue weighted by molar-refractivity contribution is 6.10. The maximum absolute atomic E-state index is 13.4. The minimum absolute atomic E-state index is 0.220. The van der Waals surface area contributed by atoms with Gasteiger partial charge < -0.3 is 28.7 Å². The van der Waals surface area contributed by atoms with E-state index >= 15 is 0 Å². The fourth-order valence-electron chi connectivity index (χ4n) is 4.91. The summed E-state index contributed by atoms with van der Waals surface area (Å²) in [6.07, 6.45) is 1.48. The van der Waals surface area contributed by atoms with Crippen molar-refractivity contribution in [3.63, 3.8) is 0 Å². The largest absolute Gasteiger partial charge is 0.494 e. The Morgan fingerprint density at radius 3 is 2.26 bits per heavy atom. The van der Waals surface area contributed by atoms with E-state index in [0.717, 1.165) is 22.0 Å². The molecule has 10 nitrogen and oxygen atoms in total. The summed E-state index contributed by atoms with van der Waals surface area (Å²) in [4.78, 5) is 29.6. The number of nitrogens with zero attached hydrogens (tertiary/aromatic N) is 1. The first-order valence-electron chi connectivity index (χ1n) is 14.9. The van der Waals surface area contributed by atoms with Crippen LogP contribution in [0.1, 0.15) is 47.2 Å². The highest BCUT2D eigenvalue weighted by Crippen LogP contribution is 2.35. The van der Waals surface area contributed by atoms with E-state index in [0.29, 0.717) is 59.6 Å². The van der Waals surface area contributed by atoms with Gasteiger partial charge in [0, 0.05) is 16.5 Å². The molecular formula is C36H35N3O7. The van der Waals surface area contributed by atoms with Gasteiger partial charge in [-0.2, -0.15) is 5.10 Å². The monoisotopic (exact) mass is 621 g/mol. The molecule has 0 aliphatic rings. The minimum Gasteiger partial charge on any atom is -0.494 e. The molecule has 5 rings (SSSR count). The highest BCUT2D eigenvalue weighted by Gasteiger charge is 2.20. The molecule has 1 amide bonds. The van der Waals surface area contributed by atoms with E-state index in [-0.39, 0.29) is 5.75 Å². The van der Waals surface area contributed by atoms with Crippen molar-refractivity contribution >= 4 is 29.0 Å². The zero-order chi connectivity index (χ0) is 32.5. The van der Waals surface area contributed by atoms with Crippen LogP contribution in [0.3, 0.4) is 0 Å². The third-order valence-corrected chi connectivity index (χ3v) is 6.92. The number of fused-ring (bicyclic) bond motifs is 1. The molecule has 0 atom stereocenters. The van der Waals surface area contributed by atoms with Crippen LogP contribution in [-0.2, 0) is 0 Å². The van der Waals surface area contributed by atoms with Crippen LogP contribution in [0.5, 0.6) is 28.7 Å². The maximum atomic E-state index is 13.4. The number of rotatable bonds is 13. The Labute approximate surface area is 266 Å². The van der Waals surface area contributed by atoms with Crippen LogP contribution in [0.15, 0.2) is 90.0 Å². The lowest BCUT2D eigenvalue weighted by Gasteiger charge is -2.13. The predicted octanol–water partition coefficient (Wildman–Crippen LogP) is 7.02. The molecule has 236 valence electrons. The molecule has 0 aliphatic carbocycles. The molecule has 0 aliphatic heterocycles. The summed E-state index contributed by atoms with van der Waals surface area (Å²) in [5, 5.41) is 5.04. The Balaban J connectivity index is 1.33. The summed E-state index contributed by atoms with van der Waals surface area (Å²) in [5.41, 5.74) is 6.31. The van der Waals surface area contributed by atoms with Crippen LogP contribution in [0.25, 0.3) is 22.0 Å². The Morgan fingerprint density at radius 2 is 1.52 bits per heavy atom. The average Bonchev–Trinajstić information content (AvgIpc) is 3.46. The SMILES string of the molecule is CCOc1ccc2[nH]c(C(=O)NN=Cc3ccc(OC(=O)c4ccc(OCC)c(OCC)c4)c(OC)c3)c(-c3ccccc3)c2c1. The molecule has 2 N–H and O–H groups in total. The van der Waals surface area contributed by atoms with Gasteiger partial charge in [0.25, 0.3) is 5.91 Å². The van der Waals surface area contributed by atoms with E-state index < -0.39 is 11.9 Å². The quantitative estimate of drug-likeness (QED) is 0.0627. The van der Waals surface area contributed by atoms with Crippen molar-refractivity contribution in [2.24, 2.45) is 5.10 Å². The topological polar surface area (TPSA) is 120 Å². The summed E-state index contributed by atoms with van der Waals surface area (Å²) >= 11 is 0. The maximum Gasteiger partial charge on any atom is 0.343 e. The Morgan fingerprint density at radius 1 is 0.783 bits per heavy atom. The first-order chi connectivity index (χ1) is 22.4. The minimum atomic E-state index is -0.586. The number of ether oxygens (including phenoxy) is 5. The molecule has 0 spiro atoms. The number of hydrogen-bond donors (Lipinski definition) is 2. The molecule has 0 bridgehead atoms. The standard InChI is InChI=1S/C36H35N3O7/c1-5-43-26-15-16-28-27(21-26)33(24-11-9-8-10-12-24)34(38-28)35(40)39-37-22-23-13-17-30(31(19-23)42-4)46-36(41)25-14-18-29(44-6-2)32(20-25)45-7-3/h8-22,38H,5-7H2,1-4H3,(H,39,40). The van der Waals surface area contributed by atoms with E-state index in [4.69, 9.17) is 23.7 Å². The lowest BCUT2D eigenvalue weighted by atomic mass is 10.0. The molecule has 0 radical (unpaired) electrons. The third-order valence-electron chi connectivity index (χ3n) is 6.92. The van der Waals surface area contributed by atoms with Gasteiger partial charge in [0.05, 0.1) is 38.7 Å². The van der Waals surface area contributed by atoms with E-state index in [2.05, 4.69) is 15.5 Å². The van der Waals surface area contributed by atoms with Gasteiger partial charge in [0.15, 0.2) is 23.0 Å². The third kappa shape index (κ3) is 7.13. The Hall–Kier alpha value is -5.77. The first kappa shape index (κ1) is 31.6. The fraction of sp³-hybridized carbons (Fsp3) is 0.194. The Kier molecular flexibility index (Phi) is 10.2. The number of nitrogens with one attached hydrogen (secondary N) is 2. The van der Waals surface area contributed by atoms with Gasteiger partial charge >= 0.3 is 5.97 Å². The van der Waals surface area contributed by atoms with Gasteiger partial charge in [-0.1, -0.05) is 30.3 Å². The van der Waals surface area contributed by atoms with Gasteiger partial charge in [-0.05, 0) is 86.5 Å². The van der Waals surface area contributed by atoms with Crippen molar-refractivity contribution in [2.45, 2.75) is 20.8 Å². The van der Waals surface area contributed by atoms with Crippen LogP contribution in [0.2, 0.25) is 0 Å². The second-order valence-corrected chi connectivity index (χ2v) is 9.91. The number of amides is 1. The van der Waals surface area contributed by atoms with Crippen LogP contribution in [0.4, 0.5) is 0 Å². The number of methoxy groups -OCH3 is 1. The molecule has 0 fully saturated rings. The number of H-pyrrole nitrogens is 1. The van der Waals surface area contributed by atoms with Crippen LogP contribution in [-0.4, -0.2) is 50.0 Å². The van der Waals surface area contributed by atoms with E-state index in [1.165, 1.54) is 13.3 Å². The van der Waals surface area contributed by atoms with Gasteiger partial charge in [0.2, 0.25) is 0 Å². The molecule has 10 heteroatoms. The summed E-state index contributed by atoms with van der Waals surface area (Å²) < 4.78 is 28.0. The lowest BCUT2D eigenvalue weighted by molar-refractivity contribution is 0.0728. The number of esters is 1. The van der Waals surface area contributed by atoms with E-state index in [9.17, 15) is 9.59 Å². The van der Waals surface area contributed by atoms with E-state index in [1.807, 2.05) is 69.3 Å². The van der Waals surface area contributed by atoms with Gasteiger partial charge in [-0.15, -0.1) is 0 Å². The predicted molar refractivity (Wildman–Crippen MR) is 177 cm³/mol. The second kappa shape index (κ2) is 14.8. The number of aromatic amines is 1. The van der Waals surface area contributed by atoms with Gasteiger partial charge in [-0.25, -0.2) is 10.2 Å². The number of carbonyl (C=O) groups is 2. The number of benzene rings is 4. The fourth-order valence-corrected chi connectivity index (χ4v) is 4.91. The van der Waals surface area contributed by atoms with Gasteiger partial charge in [0.1, 0.15) is 11.4 Å². The molecular weight excluding hydrogens is 586 g/mol. The molecule has 0 saturated heterocycles. The van der Waals surface area contributed by atoms with E-state index in [1.54, 1.807) is 36.4 Å². The molecule has 1 aromatic heterocycles. The molecule has 46 heavy (non-hydrogen) atoms. The summed E-state index contributed by atoms with van der Waals surface area (Å²) in [7, 11) is 1.47. The molecule has 0 unspecified atom stereocenters.